The highest BCUT2D eigenvalue weighted by Gasteiger charge is 2.21. The Balaban J connectivity index is 1.34. The summed E-state index contributed by atoms with van der Waals surface area (Å²) in [5, 5.41) is 27.1. The van der Waals surface area contributed by atoms with Crippen LogP contribution < -0.4 is 20.1 Å². The lowest BCUT2D eigenvalue weighted by Gasteiger charge is -2.24. The third-order valence-electron chi connectivity index (χ3n) is 6.60. The number of hydrogen-bond acceptors (Lipinski definition) is 10. The highest BCUT2D eigenvalue weighted by atomic mass is 19.1. The Morgan fingerprint density at radius 2 is 1.95 bits per heavy atom. The normalized spacial score (nSPS) is 14.4. The zero-order valence-electron chi connectivity index (χ0n) is 21.6. The SMILES string of the molecule is COc1cc(F)c(C2CCNCC2)cc1Nc1ncc(-c2ccc(C#N)c(OC(C)Cn3cnnn3)c2)cn1. The number of aromatic nitrogens is 6. The molecule has 5 rings (SSSR count). The van der Waals surface area contributed by atoms with Gasteiger partial charge in [-0.05, 0) is 78.5 Å². The van der Waals surface area contributed by atoms with Crippen LogP contribution >= 0.6 is 0 Å². The maximum absolute atomic E-state index is 14.8. The summed E-state index contributed by atoms with van der Waals surface area (Å²) in [5.41, 5.74) is 3.21. The monoisotopic (exact) mass is 529 g/mol. The van der Waals surface area contributed by atoms with E-state index in [-0.39, 0.29) is 17.8 Å². The Bertz CT molecular complexity index is 1450. The van der Waals surface area contributed by atoms with Gasteiger partial charge in [0, 0.05) is 24.0 Å². The van der Waals surface area contributed by atoms with Crippen molar-refractivity contribution < 1.29 is 13.9 Å². The van der Waals surface area contributed by atoms with Gasteiger partial charge in [0.1, 0.15) is 35.8 Å². The molecular formula is C27H28FN9O2. The molecule has 2 aromatic carbocycles. The van der Waals surface area contributed by atoms with Crippen molar-refractivity contribution in [3.8, 4) is 28.7 Å². The fourth-order valence-electron chi connectivity index (χ4n) is 4.62. The molecular weight excluding hydrogens is 501 g/mol. The Morgan fingerprint density at radius 3 is 2.64 bits per heavy atom. The first kappa shape index (κ1) is 26.0. The predicted molar refractivity (Wildman–Crippen MR) is 141 cm³/mol. The largest absolute Gasteiger partial charge is 0.494 e. The number of nitriles is 1. The van der Waals surface area contributed by atoms with Gasteiger partial charge < -0.3 is 20.1 Å². The molecule has 0 spiro atoms. The van der Waals surface area contributed by atoms with Crippen LogP contribution in [0.5, 0.6) is 11.5 Å². The van der Waals surface area contributed by atoms with E-state index < -0.39 is 0 Å². The van der Waals surface area contributed by atoms with Crippen molar-refractivity contribution in [3.05, 3.63) is 66.0 Å². The van der Waals surface area contributed by atoms with Crippen LogP contribution in [-0.2, 0) is 6.54 Å². The quantitative estimate of drug-likeness (QED) is 0.329. The first-order valence-corrected chi connectivity index (χ1v) is 12.6. The number of ether oxygens (including phenoxy) is 2. The fourth-order valence-corrected chi connectivity index (χ4v) is 4.62. The topological polar surface area (TPSA) is 136 Å². The summed E-state index contributed by atoms with van der Waals surface area (Å²) in [6.45, 7) is 4.03. The van der Waals surface area contributed by atoms with E-state index in [1.54, 1.807) is 35.3 Å². The molecule has 1 aliphatic rings. The lowest BCUT2D eigenvalue weighted by Crippen LogP contribution is -2.27. The molecule has 1 atom stereocenters. The molecule has 1 fully saturated rings. The highest BCUT2D eigenvalue weighted by Crippen LogP contribution is 2.36. The summed E-state index contributed by atoms with van der Waals surface area (Å²) in [4.78, 5) is 8.92. The van der Waals surface area contributed by atoms with E-state index in [9.17, 15) is 9.65 Å². The smallest absolute Gasteiger partial charge is 0.227 e. The summed E-state index contributed by atoms with van der Waals surface area (Å²) >= 11 is 0. The summed E-state index contributed by atoms with van der Waals surface area (Å²) in [6, 6.07) is 10.7. The van der Waals surface area contributed by atoms with E-state index in [2.05, 4.69) is 42.2 Å². The molecule has 1 aliphatic heterocycles. The third-order valence-corrected chi connectivity index (χ3v) is 6.60. The van der Waals surface area contributed by atoms with Gasteiger partial charge in [0.15, 0.2) is 0 Å². The Kier molecular flexibility index (Phi) is 7.88. The molecule has 0 radical (unpaired) electrons. The number of anilines is 2. The predicted octanol–water partition coefficient (Wildman–Crippen LogP) is 3.83. The zero-order valence-corrected chi connectivity index (χ0v) is 21.6. The minimum Gasteiger partial charge on any atom is -0.494 e. The van der Waals surface area contributed by atoms with Crippen molar-refractivity contribution in [2.24, 2.45) is 0 Å². The molecule has 1 unspecified atom stereocenters. The maximum Gasteiger partial charge on any atom is 0.227 e. The maximum atomic E-state index is 14.8. The van der Waals surface area contributed by atoms with Crippen molar-refractivity contribution in [1.29, 1.82) is 5.26 Å². The number of hydrogen-bond donors (Lipinski definition) is 2. The van der Waals surface area contributed by atoms with Gasteiger partial charge in [-0.25, -0.2) is 19.0 Å². The van der Waals surface area contributed by atoms with Crippen molar-refractivity contribution >= 4 is 11.6 Å². The lowest BCUT2D eigenvalue weighted by atomic mass is 9.89. The second-order valence-corrected chi connectivity index (χ2v) is 9.30. The van der Waals surface area contributed by atoms with Crippen LogP contribution in [0.4, 0.5) is 16.0 Å². The van der Waals surface area contributed by atoms with E-state index in [0.29, 0.717) is 40.8 Å². The van der Waals surface area contributed by atoms with Crippen molar-refractivity contribution in [2.45, 2.75) is 38.3 Å². The molecule has 12 heteroatoms. The number of tetrazole rings is 1. The van der Waals surface area contributed by atoms with Crippen molar-refractivity contribution in [1.82, 2.24) is 35.5 Å². The number of piperidine rings is 1. The molecule has 2 N–H and O–H groups in total. The number of nitrogens with zero attached hydrogens (tertiary/aromatic N) is 7. The highest BCUT2D eigenvalue weighted by molar-refractivity contribution is 5.68. The molecule has 1 saturated heterocycles. The van der Waals surface area contributed by atoms with Crippen LogP contribution in [0.2, 0.25) is 0 Å². The molecule has 3 heterocycles. The van der Waals surface area contributed by atoms with Crippen LogP contribution in [0.3, 0.4) is 0 Å². The van der Waals surface area contributed by atoms with Crippen LogP contribution in [0.1, 0.15) is 36.8 Å². The van der Waals surface area contributed by atoms with Crippen LogP contribution in [0, 0.1) is 17.1 Å². The van der Waals surface area contributed by atoms with Gasteiger partial charge in [-0.1, -0.05) is 6.07 Å². The fraction of sp³-hybridized carbons (Fsp3) is 0.333. The van der Waals surface area contributed by atoms with Gasteiger partial charge in [0.2, 0.25) is 5.95 Å². The van der Waals surface area contributed by atoms with Crippen molar-refractivity contribution in [2.75, 3.05) is 25.5 Å². The molecule has 0 saturated carbocycles. The minimum absolute atomic E-state index is 0.143. The molecule has 0 amide bonds. The van der Waals surface area contributed by atoms with Crippen molar-refractivity contribution in [3.63, 3.8) is 0 Å². The van der Waals surface area contributed by atoms with Gasteiger partial charge in [0.05, 0.1) is 24.9 Å². The first-order valence-electron chi connectivity index (χ1n) is 12.6. The number of benzene rings is 2. The Morgan fingerprint density at radius 1 is 1.15 bits per heavy atom. The summed E-state index contributed by atoms with van der Waals surface area (Å²) in [5.74, 6) is 1.04. The number of nitrogens with one attached hydrogen (secondary N) is 2. The van der Waals surface area contributed by atoms with Gasteiger partial charge in [-0.15, -0.1) is 5.10 Å². The van der Waals surface area contributed by atoms with Gasteiger partial charge in [-0.3, -0.25) is 0 Å². The summed E-state index contributed by atoms with van der Waals surface area (Å²) < 4.78 is 27.8. The Labute approximate surface area is 225 Å². The average Bonchev–Trinajstić information content (AvgIpc) is 3.47. The van der Waals surface area contributed by atoms with Crippen LogP contribution in [-0.4, -0.2) is 56.5 Å². The molecule has 2 aromatic heterocycles. The molecule has 11 nitrogen and oxygen atoms in total. The third kappa shape index (κ3) is 6.10. The second-order valence-electron chi connectivity index (χ2n) is 9.30. The first-order chi connectivity index (χ1) is 19.0. The zero-order chi connectivity index (χ0) is 27.2. The van der Waals surface area contributed by atoms with Crippen LogP contribution in [0.15, 0.2) is 49.1 Å². The number of halogens is 1. The minimum atomic E-state index is -0.279. The molecule has 39 heavy (non-hydrogen) atoms. The molecule has 200 valence electrons. The average molecular weight is 530 g/mol. The number of rotatable bonds is 9. The van der Waals surface area contributed by atoms with E-state index >= 15 is 0 Å². The van der Waals surface area contributed by atoms with E-state index in [0.717, 1.165) is 37.1 Å². The van der Waals surface area contributed by atoms with Gasteiger partial charge in [0.25, 0.3) is 0 Å². The van der Waals surface area contributed by atoms with Gasteiger partial charge in [-0.2, -0.15) is 5.26 Å². The molecule has 0 aliphatic carbocycles. The molecule has 4 aromatic rings. The van der Waals surface area contributed by atoms with E-state index in [1.165, 1.54) is 19.5 Å². The Hall–Kier alpha value is -4.63. The lowest BCUT2D eigenvalue weighted by molar-refractivity contribution is 0.192. The second kappa shape index (κ2) is 11.8. The summed E-state index contributed by atoms with van der Waals surface area (Å²) in [6.07, 6.45) is 6.33. The van der Waals surface area contributed by atoms with E-state index in [1.807, 2.05) is 13.0 Å². The standard InChI is InChI=1S/C27H28FN9O2/c1-17(15-37-16-33-35-36-37)39-25-9-19(3-4-20(25)12-29)21-13-31-27(32-14-21)34-24-10-22(18-5-7-30-8-6-18)23(28)11-26(24)38-2/h3-4,9-11,13-14,16-18,30H,5-8,15H2,1-2H3,(H,31,32,34). The van der Waals surface area contributed by atoms with E-state index in [4.69, 9.17) is 9.47 Å². The molecule has 0 bridgehead atoms. The summed E-state index contributed by atoms with van der Waals surface area (Å²) in [7, 11) is 1.50. The van der Waals surface area contributed by atoms with Gasteiger partial charge >= 0.3 is 0 Å². The number of methoxy groups -OCH3 is 1. The van der Waals surface area contributed by atoms with Crippen LogP contribution in [0.25, 0.3) is 11.1 Å².